The predicted molar refractivity (Wildman–Crippen MR) is 85.7 cm³/mol. The minimum Gasteiger partial charge on any atom is -0.396 e. The molecule has 0 amide bonds. The monoisotopic (exact) mass is 281 g/mol. The maximum atomic E-state index is 9.54. The second kappa shape index (κ2) is 6.36. The van der Waals surface area contributed by atoms with Crippen molar-refractivity contribution in [1.82, 2.24) is 5.32 Å². The summed E-state index contributed by atoms with van der Waals surface area (Å²) >= 11 is 0. The second-order valence-corrected chi connectivity index (χ2v) is 9.01. The predicted octanol–water partition coefficient (Wildman–Crippen LogP) is 3.98. The summed E-state index contributed by atoms with van der Waals surface area (Å²) in [5.41, 5.74) is 0.921. The van der Waals surface area contributed by atoms with Gasteiger partial charge in [-0.2, -0.15) is 0 Å². The van der Waals surface area contributed by atoms with Crippen molar-refractivity contribution >= 4 is 0 Å². The van der Waals surface area contributed by atoms with Crippen molar-refractivity contribution in [3.63, 3.8) is 0 Å². The fraction of sp³-hybridized carbons (Fsp3) is 1.00. The normalized spacial score (nSPS) is 34.0. The fourth-order valence-corrected chi connectivity index (χ4v) is 5.10. The Bertz CT molecular complexity index is 295. The maximum absolute atomic E-state index is 9.54. The Morgan fingerprint density at radius 1 is 0.950 bits per heavy atom. The fourth-order valence-electron chi connectivity index (χ4n) is 5.10. The lowest BCUT2D eigenvalue weighted by Crippen LogP contribution is -2.46. The second-order valence-electron chi connectivity index (χ2n) is 9.01. The molecule has 2 nitrogen and oxygen atoms in total. The Balaban J connectivity index is 1.86. The van der Waals surface area contributed by atoms with E-state index in [1.807, 2.05) is 0 Å². The van der Waals surface area contributed by atoms with Crippen LogP contribution in [0.1, 0.15) is 72.6 Å². The zero-order valence-electron chi connectivity index (χ0n) is 14.0. The molecule has 2 fully saturated rings. The van der Waals surface area contributed by atoms with Gasteiger partial charge in [0.1, 0.15) is 0 Å². The van der Waals surface area contributed by atoms with Gasteiger partial charge in [-0.1, -0.05) is 40.5 Å². The number of hydrogen-bond acceptors (Lipinski definition) is 2. The van der Waals surface area contributed by atoms with E-state index in [0.29, 0.717) is 35.3 Å². The summed E-state index contributed by atoms with van der Waals surface area (Å²) in [4.78, 5) is 0. The van der Waals surface area contributed by atoms with Crippen molar-refractivity contribution in [3.8, 4) is 0 Å². The molecule has 2 aliphatic rings. The molecule has 0 aromatic rings. The van der Waals surface area contributed by atoms with Gasteiger partial charge in [-0.3, -0.25) is 0 Å². The lowest BCUT2D eigenvalue weighted by Gasteiger charge is -2.46. The molecule has 2 heteroatoms. The average molecular weight is 281 g/mol. The number of hydrogen-bond donors (Lipinski definition) is 2. The lowest BCUT2D eigenvalue weighted by atomic mass is 9.63. The average Bonchev–Trinajstić information content (AvgIpc) is 2.33. The zero-order valence-corrected chi connectivity index (χ0v) is 14.0. The molecule has 0 bridgehead atoms. The molecule has 0 aliphatic heterocycles. The summed E-state index contributed by atoms with van der Waals surface area (Å²) in [5.74, 6) is 1.24. The van der Waals surface area contributed by atoms with Gasteiger partial charge < -0.3 is 10.4 Å². The summed E-state index contributed by atoms with van der Waals surface area (Å²) in [6.07, 6.45) is 9.12. The zero-order chi connectivity index (χ0) is 14.8. The van der Waals surface area contributed by atoms with Crippen LogP contribution in [0.3, 0.4) is 0 Å². The molecular formula is C18H35NO. The third-order valence-electron chi connectivity index (χ3n) is 5.52. The summed E-state index contributed by atoms with van der Waals surface area (Å²) in [7, 11) is 0. The molecule has 2 aliphatic carbocycles. The Labute approximate surface area is 125 Å². The Morgan fingerprint density at radius 3 is 2.05 bits per heavy atom. The van der Waals surface area contributed by atoms with E-state index in [1.54, 1.807) is 0 Å². The highest BCUT2D eigenvalue weighted by molar-refractivity contribution is 4.92. The third-order valence-corrected chi connectivity index (χ3v) is 5.52. The van der Waals surface area contributed by atoms with Gasteiger partial charge in [0.25, 0.3) is 0 Å². The molecule has 2 atom stereocenters. The topological polar surface area (TPSA) is 32.3 Å². The highest BCUT2D eigenvalue weighted by Gasteiger charge is 2.38. The highest BCUT2D eigenvalue weighted by atomic mass is 16.3. The largest absolute Gasteiger partial charge is 0.396 e. The van der Waals surface area contributed by atoms with E-state index in [0.717, 1.165) is 6.54 Å². The van der Waals surface area contributed by atoms with Crippen LogP contribution in [0.15, 0.2) is 0 Å². The highest BCUT2D eigenvalue weighted by Crippen LogP contribution is 2.45. The van der Waals surface area contributed by atoms with Crippen LogP contribution in [0.2, 0.25) is 0 Å². The maximum Gasteiger partial charge on any atom is 0.0462 e. The Morgan fingerprint density at radius 2 is 1.50 bits per heavy atom. The van der Waals surface area contributed by atoms with E-state index >= 15 is 0 Å². The number of aliphatic hydroxyl groups is 1. The van der Waals surface area contributed by atoms with Crippen LogP contribution in [0.25, 0.3) is 0 Å². The van der Waals surface area contributed by atoms with Crippen LogP contribution in [0.5, 0.6) is 0 Å². The van der Waals surface area contributed by atoms with Crippen molar-refractivity contribution in [2.24, 2.45) is 22.7 Å². The molecule has 2 saturated carbocycles. The van der Waals surface area contributed by atoms with E-state index in [4.69, 9.17) is 0 Å². The number of aliphatic hydroxyl groups excluding tert-OH is 1. The molecular weight excluding hydrogens is 246 g/mol. The molecule has 0 radical (unpaired) electrons. The number of nitrogens with one attached hydrogen (secondary N) is 1. The van der Waals surface area contributed by atoms with Crippen LogP contribution < -0.4 is 5.32 Å². The van der Waals surface area contributed by atoms with E-state index in [9.17, 15) is 5.11 Å². The van der Waals surface area contributed by atoms with Gasteiger partial charge in [-0.15, -0.1) is 0 Å². The minimum atomic E-state index is 0.383. The molecule has 2 N–H and O–H groups in total. The summed E-state index contributed by atoms with van der Waals surface area (Å²) in [6, 6.07) is 0.662. The summed E-state index contributed by atoms with van der Waals surface area (Å²) < 4.78 is 0. The smallest absolute Gasteiger partial charge is 0.0462 e. The van der Waals surface area contributed by atoms with Crippen LogP contribution in [-0.4, -0.2) is 24.3 Å². The van der Waals surface area contributed by atoms with Crippen LogP contribution in [0, 0.1) is 22.7 Å². The first kappa shape index (κ1) is 16.3. The van der Waals surface area contributed by atoms with Gasteiger partial charge in [0.05, 0.1) is 0 Å². The van der Waals surface area contributed by atoms with Crippen molar-refractivity contribution in [2.45, 2.75) is 78.7 Å². The first-order valence-electron chi connectivity index (χ1n) is 8.66. The van der Waals surface area contributed by atoms with Crippen LogP contribution in [0.4, 0.5) is 0 Å². The third kappa shape index (κ3) is 4.46. The van der Waals surface area contributed by atoms with E-state index in [2.05, 4.69) is 33.0 Å². The molecule has 0 heterocycles. The van der Waals surface area contributed by atoms with Crippen LogP contribution in [-0.2, 0) is 0 Å². The van der Waals surface area contributed by atoms with Crippen molar-refractivity contribution in [2.75, 3.05) is 13.2 Å². The van der Waals surface area contributed by atoms with Gasteiger partial charge in [0, 0.05) is 12.6 Å². The molecule has 0 aromatic carbocycles. The Kier molecular flexibility index (Phi) is 5.18. The van der Waals surface area contributed by atoms with E-state index in [1.165, 1.54) is 44.9 Å². The first-order valence-corrected chi connectivity index (χ1v) is 8.66. The van der Waals surface area contributed by atoms with E-state index in [-0.39, 0.29) is 0 Å². The number of rotatable bonds is 4. The minimum absolute atomic E-state index is 0.383. The van der Waals surface area contributed by atoms with E-state index < -0.39 is 0 Å². The molecule has 2 rings (SSSR count). The van der Waals surface area contributed by atoms with Gasteiger partial charge in [-0.05, 0) is 61.3 Å². The standard InChI is InChI=1S/C18H35NO/c1-17(2)9-16(10-18(3,4)13-17)19-11-14-7-5-6-8-15(14)12-20/h14-16,19-20H,5-13H2,1-4H3. The molecule has 2 unspecified atom stereocenters. The first-order chi connectivity index (χ1) is 9.31. The van der Waals surface area contributed by atoms with Crippen molar-refractivity contribution in [3.05, 3.63) is 0 Å². The molecule has 0 saturated heterocycles. The van der Waals surface area contributed by atoms with Crippen molar-refractivity contribution < 1.29 is 5.11 Å². The van der Waals surface area contributed by atoms with Crippen LogP contribution >= 0.6 is 0 Å². The quantitative estimate of drug-likeness (QED) is 0.817. The molecule has 0 aromatic heterocycles. The van der Waals surface area contributed by atoms with Gasteiger partial charge in [0.15, 0.2) is 0 Å². The van der Waals surface area contributed by atoms with Gasteiger partial charge in [0.2, 0.25) is 0 Å². The van der Waals surface area contributed by atoms with Gasteiger partial charge in [-0.25, -0.2) is 0 Å². The van der Waals surface area contributed by atoms with Crippen molar-refractivity contribution in [1.29, 1.82) is 0 Å². The SMILES string of the molecule is CC1(C)CC(NCC2CCCCC2CO)CC(C)(C)C1. The lowest BCUT2D eigenvalue weighted by molar-refractivity contribution is 0.0754. The molecule has 0 spiro atoms. The Hall–Kier alpha value is -0.0800. The molecule has 118 valence electrons. The molecule has 20 heavy (non-hydrogen) atoms. The summed E-state index contributed by atoms with van der Waals surface area (Å²) in [5, 5.41) is 13.4. The van der Waals surface area contributed by atoms with Gasteiger partial charge >= 0.3 is 0 Å². The summed E-state index contributed by atoms with van der Waals surface area (Å²) in [6.45, 7) is 11.2.